The van der Waals surface area contributed by atoms with E-state index in [9.17, 15) is 23.3 Å². The lowest BCUT2D eigenvalue weighted by Gasteiger charge is -2.32. The van der Waals surface area contributed by atoms with Crippen LogP contribution in [0.4, 0.5) is 5.69 Å². The second kappa shape index (κ2) is 7.05. The van der Waals surface area contributed by atoms with E-state index in [2.05, 4.69) is 4.72 Å². The topological polar surface area (TPSA) is 110 Å². The molecule has 2 rings (SSSR count). The summed E-state index contributed by atoms with van der Waals surface area (Å²) in [6, 6.07) is 5.83. The molecule has 0 bridgehead atoms. The molecule has 0 aliphatic carbocycles. The number of carbonyl (C=O) groups excluding carboxylic acids is 1. The minimum Gasteiger partial charge on any atom is -0.341 e. The number of piperidine rings is 1. The Hall–Kier alpha value is -2.00. The fourth-order valence-corrected chi connectivity index (χ4v) is 3.51. The zero-order valence-corrected chi connectivity index (χ0v) is 13.6. The summed E-state index contributed by atoms with van der Waals surface area (Å²) in [6.07, 6.45) is 2.38. The Kier molecular flexibility index (Phi) is 5.32. The largest absolute Gasteiger partial charge is 0.341 e. The molecule has 1 fully saturated rings. The average Bonchev–Trinajstić information content (AvgIpc) is 2.46. The SMILES string of the molecule is CS(=O)(=O)NC1CCCN(C(=O)Cc2ccccc2[N+](=O)[O-])C1. The summed E-state index contributed by atoms with van der Waals surface area (Å²) in [5.74, 6) is -0.237. The number of rotatable bonds is 5. The zero-order valence-electron chi connectivity index (χ0n) is 12.8. The lowest BCUT2D eigenvalue weighted by atomic mass is 10.0. The van der Waals surface area contributed by atoms with E-state index >= 15 is 0 Å². The van der Waals surface area contributed by atoms with Crippen LogP contribution in [0.3, 0.4) is 0 Å². The molecule has 1 atom stereocenters. The predicted octanol–water partition coefficient (Wildman–Crippen LogP) is 0.678. The van der Waals surface area contributed by atoms with E-state index in [1.807, 2.05) is 0 Å². The van der Waals surface area contributed by atoms with Crippen molar-refractivity contribution in [3.05, 3.63) is 39.9 Å². The smallest absolute Gasteiger partial charge is 0.273 e. The Labute approximate surface area is 134 Å². The van der Waals surface area contributed by atoms with Gasteiger partial charge in [-0.3, -0.25) is 14.9 Å². The van der Waals surface area contributed by atoms with Crippen LogP contribution < -0.4 is 4.72 Å². The highest BCUT2D eigenvalue weighted by atomic mass is 32.2. The molecule has 1 aromatic carbocycles. The average molecular weight is 341 g/mol. The van der Waals surface area contributed by atoms with Gasteiger partial charge < -0.3 is 4.90 Å². The first-order valence-corrected chi connectivity index (χ1v) is 9.13. The fourth-order valence-electron chi connectivity index (χ4n) is 2.72. The predicted molar refractivity (Wildman–Crippen MR) is 84.4 cm³/mol. The normalized spacial score (nSPS) is 18.7. The summed E-state index contributed by atoms with van der Waals surface area (Å²) in [4.78, 5) is 24.4. The summed E-state index contributed by atoms with van der Waals surface area (Å²) in [5, 5.41) is 11.0. The number of nitrogens with zero attached hydrogens (tertiary/aromatic N) is 2. The molecule has 1 aliphatic rings. The van der Waals surface area contributed by atoms with Crippen LogP contribution >= 0.6 is 0 Å². The second-order valence-electron chi connectivity index (χ2n) is 5.63. The third kappa shape index (κ3) is 5.00. The van der Waals surface area contributed by atoms with Gasteiger partial charge in [-0.2, -0.15) is 0 Å². The molecular weight excluding hydrogens is 322 g/mol. The van der Waals surface area contributed by atoms with Crippen molar-refractivity contribution in [3.8, 4) is 0 Å². The van der Waals surface area contributed by atoms with Crippen molar-refractivity contribution in [1.29, 1.82) is 0 Å². The molecule has 1 N–H and O–H groups in total. The number of para-hydroxylation sites is 1. The number of nitro benzene ring substituents is 1. The Balaban J connectivity index is 2.05. The Morgan fingerprint density at radius 1 is 1.43 bits per heavy atom. The molecule has 126 valence electrons. The van der Waals surface area contributed by atoms with E-state index in [4.69, 9.17) is 0 Å². The van der Waals surface area contributed by atoms with E-state index in [1.165, 1.54) is 6.07 Å². The molecule has 0 aromatic heterocycles. The molecule has 23 heavy (non-hydrogen) atoms. The quantitative estimate of drug-likeness (QED) is 0.625. The third-order valence-corrected chi connectivity index (χ3v) is 4.45. The van der Waals surface area contributed by atoms with Crippen LogP contribution in [-0.4, -0.2) is 49.5 Å². The van der Waals surface area contributed by atoms with Crippen molar-refractivity contribution in [3.63, 3.8) is 0 Å². The summed E-state index contributed by atoms with van der Waals surface area (Å²) in [5.41, 5.74) is 0.282. The fraction of sp³-hybridized carbons (Fsp3) is 0.500. The Morgan fingerprint density at radius 3 is 2.78 bits per heavy atom. The number of nitrogens with one attached hydrogen (secondary N) is 1. The molecule has 1 unspecified atom stereocenters. The monoisotopic (exact) mass is 341 g/mol. The minimum absolute atomic E-state index is 0.0667. The first-order valence-electron chi connectivity index (χ1n) is 7.23. The number of sulfonamides is 1. The van der Waals surface area contributed by atoms with Crippen molar-refractivity contribution >= 4 is 21.6 Å². The number of hydrogen-bond acceptors (Lipinski definition) is 5. The molecule has 1 aromatic rings. The first kappa shape index (κ1) is 17.4. The van der Waals surface area contributed by atoms with Gasteiger partial charge in [0.05, 0.1) is 17.6 Å². The van der Waals surface area contributed by atoms with E-state index in [-0.39, 0.29) is 30.6 Å². The number of carbonyl (C=O) groups is 1. The maximum atomic E-state index is 12.4. The van der Waals surface area contributed by atoms with Crippen molar-refractivity contribution < 1.29 is 18.1 Å². The van der Waals surface area contributed by atoms with Crippen LogP contribution in [0.15, 0.2) is 24.3 Å². The van der Waals surface area contributed by atoms with Gasteiger partial charge in [-0.1, -0.05) is 18.2 Å². The van der Waals surface area contributed by atoms with E-state index < -0.39 is 14.9 Å². The Bertz CT molecular complexity index is 704. The second-order valence-corrected chi connectivity index (χ2v) is 7.41. The molecular formula is C14H19N3O5S. The maximum absolute atomic E-state index is 12.4. The van der Waals surface area contributed by atoms with Crippen molar-refractivity contribution in [2.24, 2.45) is 0 Å². The summed E-state index contributed by atoms with van der Waals surface area (Å²) in [7, 11) is -3.33. The van der Waals surface area contributed by atoms with Crippen LogP contribution in [0.5, 0.6) is 0 Å². The molecule has 0 saturated carbocycles. The van der Waals surface area contributed by atoms with Crippen LogP contribution in [0, 0.1) is 10.1 Å². The van der Waals surface area contributed by atoms with Gasteiger partial charge in [-0.05, 0) is 12.8 Å². The Morgan fingerprint density at radius 2 is 2.13 bits per heavy atom. The van der Waals surface area contributed by atoms with Gasteiger partial charge in [0, 0.05) is 30.8 Å². The summed E-state index contributed by atoms with van der Waals surface area (Å²) >= 11 is 0. The standard InChI is InChI=1S/C14H19N3O5S/c1-23(21,22)15-12-6-4-8-16(10-12)14(18)9-11-5-2-3-7-13(11)17(19)20/h2-3,5,7,12,15H,4,6,8-10H2,1H3. The van der Waals surface area contributed by atoms with Crippen LogP contribution in [0.25, 0.3) is 0 Å². The number of benzene rings is 1. The van der Waals surface area contributed by atoms with Gasteiger partial charge in [0.2, 0.25) is 15.9 Å². The van der Waals surface area contributed by atoms with E-state index in [0.29, 0.717) is 24.9 Å². The van der Waals surface area contributed by atoms with Gasteiger partial charge >= 0.3 is 0 Å². The highest BCUT2D eigenvalue weighted by Gasteiger charge is 2.26. The van der Waals surface area contributed by atoms with Crippen LogP contribution in [-0.2, 0) is 21.2 Å². The molecule has 9 heteroatoms. The molecule has 1 amide bonds. The third-order valence-electron chi connectivity index (χ3n) is 3.68. The molecule has 1 aliphatic heterocycles. The summed E-state index contributed by atoms with van der Waals surface area (Å²) < 4.78 is 25.1. The van der Waals surface area contributed by atoms with Gasteiger partial charge in [0.15, 0.2) is 0 Å². The van der Waals surface area contributed by atoms with Crippen molar-refractivity contribution in [2.75, 3.05) is 19.3 Å². The van der Waals surface area contributed by atoms with Crippen molar-refractivity contribution in [1.82, 2.24) is 9.62 Å². The minimum atomic E-state index is -3.33. The molecule has 0 spiro atoms. The van der Waals surface area contributed by atoms with Gasteiger partial charge in [-0.25, -0.2) is 13.1 Å². The summed E-state index contributed by atoms with van der Waals surface area (Å²) in [6.45, 7) is 0.813. The van der Waals surface area contributed by atoms with Crippen LogP contribution in [0.2, 0.25) is 0 Å². The molecule has 1 heterocycles. The number of amides is 1. The number of hydrogen-bond donors (Lipinski definition) is 1. The van der Waals surface area contributed by atoms with Gasteiger partial charge in [-0.15, -0.1) is 0 Å². The lowest BCUT2D eigenvalue weighted by molar-refractivity contribution is -0.385. The van der Waals surface area contributed by atoms with E-state index in [1.54, 1.807) is 23.1 Å². The van der Waals surface area contributed by atoms with Crippen LogP contribution in [0.1, 0.15) is 18.4 Å². The number of likely N-dealkylation sites (tertiary alicyclic amines) is 1. The lowest BCUT2D eigenvalue weighted by Crippen LogP contribution is -2.49. The number of nitro groups is 1. The first-order chi connectivity index (χ1) is 10.8. The molecule has 8 nitrogen and oxygen atoms in total. The van der Waals surface area contributed by atoms with Gasteiger partial charge in [0.25, 0.3) is 5.69 Å². The van der Waals surface area contributed by atoms with E-state index in [0.717, 1.165) is 6.26 Å². The highest BCUT2D eigenvalue weighted by molar-refractivity contribution is 7.88. The molecule has 1 saturated heterocycles. The van der Waals surface area contributed by atoms with Gasteiger partial charge in [0.1, 0.15) is 0 Å². The van der Waals surface area contributed by atoms with Crippen molar-refractivity contribution in [2.45, 2.75) is 25.3 Å². The highest BCUT2D eigenvalue weighted by Crippen LogP contribution is 2.20. The maximum Gasteiger partial charge on any atom is 0.273 e. The zero-order chi connectivity index (χ0) is 17.0. The molecule has 0 radical (unpaired) electrons.